The van der Waals surface area contributed by atoms with Gasteiger partial charge in [-0.2, -0.15) is 0 Å². The Morgan fingerprint density at radius 1 is 1.15 bits per heavy atom. The molecule has 0 heterocycles. The minimum atomic E-state index is -0.825. The van der Waals surface area contributed by atoms with E-state index in [0.717, 1.165) is 18.4 Å². The predicted molar refractivity (Wildman–Crippen MR) is 78.9 cm³/mol. The number of aliphatic carboxylic acids is 1. The van der Waals surface area contributed by atoms with Crippen molar-refractivity contribution < 1.29 is 14.7 Å². The summed E-state index contributed by atoms with van der Waals surface area (Å²) in [4.78, 5) is 23.8. The molecule has 1 aromatic rings. The van der Waals surface area contributed by atoms with Crippen molar-refractivity contribution >= 4 is 23.5 Å². The van der Waals surface area contributed by atoms with Crippen LogP contribution in [0.15, 0.2) is 24.3 Å². The summed E-state index contributed by atoms with van der Waals surface area (Å²) in [6.07, 6.45) is 2.69. The van der Waals surface area contributed by atoms with Crippen LogP contribution in [-0.4, -0.2) is 35.5 Å². The predicted octanol–water partition coefficient (Wildman–Crippen LogP) is 2.99. The average molecular weight is 298 g/mol. The number of amides is 1. The van der Waals surface area contributed by atoms with Gasteiger partial charge in [0.2, 0.25) is 5.91 Å². The maximum absolute atomic E-state index is 11.8. The van der Waals surface area contributed by atoms with Crippen molar-refractivity contribution in [3.63, 3.8) is 0 Å². The summed E-state index contributed by atoms with van der Waals surface area (Å²) < 4.78 is 0. The van der Waals surface area contributed by atoms with Crippen LogP contribution >= 0.6 is 11.6 Å². The summed E-state index contributed by atoms with van der Waals surface area (Å²) >= 11 is 5.81. The Hall–Kier alpha value is -1.55. The first-order chi connectivity index (χ1) is 9.49. The van der Waals surface area contributed by atoms with Crippen molar-refractivity contribution in [1.82, 2.24) is 4.90 Å². The third-order valence-corrected chi connectivity index (χ3v) is 3.33. The van der Waals surface area contributed by atoms with E-state index in [0.29, 0.717) is 24.4 Å². The van der Waals surface area contributed by atoms with Gasteiger partial charge >= 0.3 is 5.97 Å². The standard InChI is InChI=1S/C15H20ClNO3/c1-17(11-3-6-15(19)20)14(18)5-2-4-12-7-9-13(16)10-8-12/h7-10H,2-6,11H2,1H3,(H,19,20). The fourth-order valence-electron chi connectivity index (χ4n) is 1.88. The van der Waals surface area contributed by atoms with Gasteiger partial charge in [0.15, 0.2) is 0 Å². The molecule has 0 radical (unpaired) electrons. The van der Waals surface area contributed by atoms with Gasteiger partial charge in [-0.15, -0.1) is 0 Å². The summed E-state index contributed by atoms with van der Waals surface area (Å²) in [6.45, 7) is 0.492. The van der Waals surface area contributed by atoms with Crippen molar-refractivity contribution in [2.45, 2.75) is 32.1 Å². The van der Waals surface area contributed by atoms with Crippen molar-refractivity contribution in [2.75, 3.05) is 13.6 Å². The highest BCUT2D eigenvalue weighted by Crippen LogP contribution is 2.12. The Kier molecular flexibility index (Phi) is 7.09. The number of nitrogens with zero attached hydrogens (tertiary/aromatic N) is 1. The molecule has 110 valence electrons. The van der Waals surface area contributed by atoms with Gasteiger partial charge in [0.1, 0.15) is 0 Å². The zero-order valence-electron chi connectivity index (χ0n) is 11.6. The van der Waals surface area contributed by atoms with Crippen LogP contribution in [0.2, 0.25) is 5.02 Å². The smallest absolute Gasteiger partial charge is 0.303 e. The molecule has 0 unspecified atom stereocenters. The zero-order chi connectivity index (χ0) is 15.0. The van der Waals surface area contributed by atoms with Crippen LogP contribution in [0, 0.1) is 0 Å². The Labute approximate surface area is 124 Å². The molecule has 1 N–H and O–H groups in total. The minimum Gasteiger partial charge on any atom is -0.481 e. The van der Waals surface area contributed by atoms with Gasteiger partial charge in [0, 0.05) is 31.5 Å². The summed E-state index contributed by atoms with van der Waals surface area (Å²) in [5.41, 5.74) is 1.16. The molecule has 0 fully saturated rings. The van der Waals surface area contributed by atoms with Crippen LogP contribution in [0.25, 0.3) is 0 Å². The molecule has 0 atom stereocenters. The van der Waals surface area contributed by atoms with Crippen molar-refractivity contribution in [1.29, 1.82) is 0 Å². The fraction of sp³-hybridized carbons (Fsp3) is 0.467. The maximum atomic E-state index is 11.8. The highest BCUT2D eigenvalue weighted by Gasteiger charge is 2.09. The van der Waals surface area contributed by atoms with Crippen LogP contribution in [0.5, 0.6) is 0 Å². The third kappa shape index (κ3) is 6.57. The number of hydrogen-bond acceptors (Lipinski definition) is 2. The summed E-state index contributed by atoms with van der Waals surface area (Å²) in [5.74, 6) is -0.766. The van der Waals surface area contributed by atoms with E-state index in [4.69, 9.17) is 16.7 Å². The SMILES string of the molecule is CN(CCCC(=O)O)C(=O)CCCc1ccc(Cl)cc1. The lowest BCUT2D eigenvalue weighted by atomic mass is 10.1. The maximum Gasteiger partial charge on any atom is 0.303 e. The lowest BCUT2D eigenvalue weighted by molar-refractivity contribution is -0.138. The van der Waals surface area contributed by atoms with Crippen LogP contribution in [-0.2, 0) is 16.0 Å². The van der Waals surface area contributed by atoms with Gasteiger partial charge in [-0.1, -0.05) is 23.7 Å². The van der Waals surface area contributed by atoms with E-state index >= 15 is 0 Å². The first-order valence-corrected chi connectivity index (χ1v) is 7.07. The van der Waals surface area contributed by atoms with Gasteiger partial charge in [-0.05, 0) is 37.0 Å². The summed E-state index contributed by atoms with van der Waals surface area (Å²) in [6, 6.07) is 7.61. The van der Waals surface area contributed by atoms with E-state index in [1.807, 2.05) is 24.3 Å². The van der Waals surface area contributed by atoms with Crippen molar-refractivity contribution in [2.24, 2.45) is 0 Å². The van der Waals surface area contributed by atoms with E-state index in [2.05, 4.69) is 0 Å². The summed E-state index contributed by atoms with van der Waals surface area (Å²) in [7, 11) is 1.71. The molecule has 0 bridgehead atoms. The Morgan fingerprint density at radius 2 is 1.80 bits per heavy atom. The van der Waals surface area contributed by atoms with Crippen molar-refractivity contribution in [3.8, 4) is 0 Å². The lowest BCUT2D eigenvalue weighted by Gasteiger charge is -2.16. The molecule has 0 saturated carbocycles. The number of aryl methyl sites for hydroxylation is 1. The lowest BCUT2D eigenvalue weighted by Crippen LogP contribution is -2.27. The van der Waals surface area contributed by atoms with Crippen molar-refractivity contribution in [3.05, 3.63) is 34.9 Å². The number of hydrogen-bond donors (Lipinski definition) is 1. The molecule has 1 amide bonds. The van der Waals surface area contributed by atoms with Crippen LogP contribution in [0.3, 0.4) is 0 Å². The second kappa shape index (κ2) is 8.59. The molecule has 0 aliphatic carbocycles. The van der Waals surface area contributed by atoms with E-state index in [1.165, 1.54) is 0 Å². The number of carbonyl (C=O) groups is 2. The highest BCUT2D eigenvalue weighted by molar-refractivity contribution is 6.30. The van der Waals surface area contributed by atoms with E-state index in [9.17, 15) is 9.59 Å². The molecule has 20 heavy (non-hydrogen) atoms. The number of carboxylic acid groups (broad SMARTS) is 1. The number of rotatable bonds is 8. The Morgan fingerprint density at radius 3 is 2.40 bits per heavy atom. The molecule has 0 aromatic heterocycles. The molecule has 5 heteroatoms. The van der Waals surface area contributed by atoms with E-state index < -0.39 is 5.97 Å². The van der Waals surface area contributed by atoms with Crippen LogP contribution in [0.4, 0.5) is 0 Å². The Bertz CT molecular complexity index is 445. The van der Waals surface area contributed by atoms with Gasteiger partial charge in [0.25, 0.3) is 0 Å². The quantitative estimate of drug-likeness (QED) is 0.802. The third-order valence-electron chi connectivity index (χ3n) is 3.08. The van der Waals surface area contributed by atoms with Crippen LogP contribution in [0.1, 0.15) is 31.2 Å². The largest absolute Gasteiger partial charge is 0.481 e. The monoisotopic (exact) mass is 297 g/mol. The normalized spacial score (nSPS) is 10.3. The molecule has 0 aliphatic heterocycles. The topological polar surface area (TPSA) is 57.6 Å². The molecule has 1 aromatic carbocycles. The molecular weight excluding hydrogens is 278 g/mol. The van der Waals surface area contributed by atoms with E-state index in [1.54, 1.807) is 11.9 Å². The summed E-state index contributed by atoms with van der Waals surface area (Å²) in [5, 5.41) is 9.25. The van der Waals surface area contributed by atoms with Gasteiger partial charge in [-0.25, -0.2) is 0 Å². The average Bonchev–Trinajstić information content (AvgIpc) is 2.40. The number of benzene rings is 1. The first-order valence-electron chi connectivity index (χ1n) is 6.69. The van der Waals surface area contributed by atoms with E-state index in [-0.39, 0.29) is 12.3 Å². The molecule has 0 aliphatic rings. The van der Waals surface area contributed by atoms with Gasteiger partial charge < -0.3 is 10.0 Å². The number of carboxylic acids is 1. The Balaban J connectivity index is 2.21. The molecular formula is C15H20ClNO3. The second-order valence-corrected chi connectivity index (χ2v) is 5.23. The van der Waals surface area contributed by atoms with Crippen LogP contribution < -0.4 is 0 Å². The number of carbonyl (C=O) groups excluding carboxylic acids is 1. The molecule has 4 nitrogen and oxygen atoms in total. The molecule has 0 spiro atoms. The second-order valence-electron chi connectivity index (χ2n) is 4.79. The zero-order valence-corrected chi connectivity index (χ0v) is 12.4. The fourth-order valence-corrected chi connectivity index (χ4v) is 2.00. The van der Waals surface area contributed by atoms with Gasteiger partial charge in [-0.3, -0.25) is 9.59 Å². The highest BCUT2D eigenvalue weighted by atomic mass is 35.5. The molecule has 1 rings (SSSR count). The first kappa shape index (κ1) is 16.5. The minimum absolute atomic E-state index is 0.0596. The molecule has 0 saturated heterocycles. The number of halogens is 1. The van der Waals surface area contributed by atoms with Gasteiger partial charge in [0.05, 0.1) is 0 Å².